The van der Waals surface area contributed by atoms with Gasteiger partial charge in [0, 0.05) is 22.0 Å². The van der Waals surface area contributed by atoms with E-state index in [9.17, 15) is 0 Å². The molecular formula is C22H17N. The van der Waals surface area contributed by atoms with E-state index in [1.165, 1.54) is 33.1 Å². The maximum atomic E-state index is 3.17. The fourth-order valence-corrected chi connectivity index (χ4v) is 3.21. The Labute approximate surface area is 136 Å². The third kappa shape index (κ3) is 2.20. The molecule has 0 radical (unpaired) electrons. The highest BCUT2D eigenvalue weighted by Gasteiger charge is 2.12. The highest BCUT2D eigenvalue weighted by molar-refractivity contribution is 6.09. The van der Waals surface area contributed by atoms with Gasteiger partial charge in [0.1, 0.15) is 0 Å². The summed E-state index contributed by atoms with van der Waals surface area (Å²) in [5, 5.41) is 2.55. The van der Waals surface area contributed by atoms with E-state index in [0.717, 1.165) is 5.56 Å². The minimum atomic E-state index is 1.05. The fraction of sp³-hybridized carbons (Fsp3) is 0.0909. The van der Waals surface area contributed by atoms with E-state index < -0.39 is 0 Å². The summed E-state index contributed by atoms with van der Waals surface area (Å²) in [6, 6.07) is 23.7. The maximum Gasteiger partial charge on any atom is 0.0553 e. The fourth-order valence-electron chi connectivity index (χ4n) is 3.21. The number of rotatable bonds is 1. The van der Waals surface area contributed by atoms with Crippen LogP contribution < -0.4 is 0 Å². The lowest BCUT2D eigenvalue weighted by molar-refractivity contribution is 1.18. The van der Waals surface area contributed by atoms with Crippen LogP contribution in [0.15, 0.2) is 66.7 Å². The Balaban J connectivity index is 2.19. The van der Waals surface area contributed by atoms with Gasteiger partial charge in [-0.1, -0.05) is 42.3 Å². The Morgan fingerprint density at radius 2 is 1.48 bits per heavy atom. The number of hydrogen-bond donors (Lipinski definition) is 0. The molecule has 0 saturated carbocycles. The van der Waals surface area contributed by atoms with E-state index in [2.05, 4.69) is 90.1 Å². The molecule has 4 aromatic rings. The molecule has 0 aliphatic carbocycles. The molecular weight excluding hydrogens is 278 g/mol. The summed E-state index contributed by atoms with van der Waals surface area (Å²) < 4.78 is 2.33. The van der Waals surface area contributed by atoms with Crippen LogP contribution in [0.4, 0.5) is 0 Å². The van der Waals surface area contributed by atoms with Crippen LogP contribution in [0.3, 0.4) is 0 Å². The standard InChI is InChI=1S/C22H17N/c1-3-7-17-11-13-20-19-12-10-16(2)14-21(19)23(22(20)15-17)18-8-5-4-6-9-18/h4-6,8-15H,1-2H3. The zero-order chi connectivity index (χ0) is 15.8. The number of benzene rings is 3. The SMILES string of the molecule is CC#Cc1ccc2c3ccc(C)cc3n(-c3ccccc3)c2c1. The van der Waals surface area contributed by atoms with Crippen LogP contribution in [0, 0.1) is 18.8 Å². The van der Waals surface area contributed by atoms with Crippen molar-refractivity contribution in [2.24, 2.45) is 0 Å². The number of aryl methyl sites for hydroxylation is 1. The monoisotopic (exact) mass is 295 g/mol. The molecule has 4 rings (SSSR count). The normalized spacial score (nSPS) is 10.7. The predicted molar refractivity (Wildman–Crippen MR) is 98.1 cm³/mol. The second kappa shape index (κ2) is 5.34. The molecule has 0 saturated heterocycles. The summed E-state index contributed by atoms with van der Waals surface area (Å²) in [5.41, 5.74) is 5.95. The summed E-state index contributed by atoms with van der Waals surface area (Å²) >= 11 is 0. The van der Waals surface area contributed by atoms with Crippen molar-refractivity contribution in [2.45, 2.75) is 13.8 Å². The Morgan fingerprint density at radius 1 is 0.783 bits per heavy atom. The second-order valence-electron chi connectivity index (χ2n) is 5.80. The van der Waals surface area contributed by atoms with Crippen LogP contribution in [0.5, 0.6) is 0 Å². The summed E-state index contributed by atoms with van der Waals surface area (Å²) in [4.78, 5) is 0. The van der Waals surface area contributed by atoms with Gasteiger partial charge in [0.05, 0.1) is 11.0 Å². The molecule has 0 amide bonds. The number of para-hydroxylation sites is 1. The minimum Gasteiger partial charge on any atom is -0.309 e. The van der Waals surface area contributed by atoms with Gasteiger partial charge in [-0.05, 0) is 49.7 Å². The quantitative estimate of drug-likeness (QED) is 0.411. The van der Waals surface area contributed by atoms with Gasteiger partial charge in [-0.25, -0.2) is 0 Å². The van der Waals surface area contributed by atoms with Crippen LogP contribution in [-0.2, 0) is 0 Å². The van der Waals surface area contributed by atoms with Crippen molar-refractivity contribution >= 4 is 21.8 Å². The predicted octanol–water partition coefficient (Wildman–Crippen LogP) is 5.46. The smallest absolute Gasteiger partial charge is 0.0553 e. The van der Waals surface area contributed by atoms with E-state index in [1.54, 1.807) is 0 Å². The van der Waals surface area contributed by atoms with E-state index >= 15 is 0 Å². The van der Waals surface area contributed by atoms with Crippen molar-refractivity contribution in [3.63, 3.8) is 0 Å². The lowest BCUT2D eigenvalue weighted by Crippen LogP contribution is -1.93. The average Bonchev–Trinajstić information content (AvgIpc) is 2.88. The van der Waals surface area contributed by atoms with Crippen LogP contribution in [0.1, 0.15) is 18.1 Å². The average molecular weight is 295 g/mol. The van der Waals surface area contributed by atoms with Crippen molar-refractivity contribution in [3.05, 3.63) is 77.9 Å². The summed E-state index contributed by atoms with van der Waals surface area (Å²) in [6.45, 7) is 4.01. The van der Waals surface area contributed by atoms with Gasteiger partial charge in [-0.15, -0.1) is 5.92 Å². The van der Waals surface area contributed by atoms with Gasteiger partial charge >= 0.3 is 0 Å². The molecule has 0 atom stereocenters. The lowest BCUT2D eigenvalue weighted by Gasteiger charge is -2.08. The highest BCUT2D eigenvalue weighted by atomic mass is 15.0. The molecule has 0 spiro atoms. The molecule has 110 valence electrons. The second-order valence-corrected chi connectivity index (χ2v) is 5.80. The molecule has 0 aliphatic heterocycles. The summed E-state index contributed by atoms with van der Waals surface area (Å²) in [7, 11) is 0. The van der Waals surface area contributed by atoms with Gasteiger partial charge in [0.2, 0.25) is 0 Å². The lowest BCUT2D eigenvalue weighted by atomic mass is 10.1. The Kier molecular flexibility index (Phi) is 3.17. The first-order chi connectivity index (χ1) is 11.3. The number of nitrogens with zero attached hydrogens (tertiary/aromatic N) is 1. The van der Waals surface area contributed by atoms with Gasteiger partial charge < -0.3 is 4.57 Å². The maximum absolute atomic E-state index is 3.17. The molecule has 0 aliphatic rings. The van der Waals surface area contributed by atoms with E-state index in [0.29, 0.717) is 0 Å². The molecule has 0 fully saturated rings. The van der Waals surface area contributed by atoms with Crippen molar-refractivity contribution in [1.29, 1.82) is 0 Å². The molecule has 0 bridgehead atoms. The number of aromatic nitrogens is 1. The highest BCUT2D eigenvalue weighted by Crippen LogP contribution is 2.33. The largest absolute Gasteiger partial charge is 0.309 e. The molecule has 1 nitrogen and oxygen atoms in total. The number of fused-ring (bicyclic) bond motifs is 3. The van der Waals surface area contributed by atoms with Gasteiger partial charge in [-0.2, -0.15) is 0 Å². The third-order valence-electron chi connectivity index (χ3n) is 4.21. The van der Waals surface area contributed by atoms with Gasteiger partial charge in [0.25, 0.3) is 0 Å². The van der Waals surface area contributed by atoms with E-state index in [-0.39, 0.29) is 0 Å². The van der Waals surface area contributed by atoms with E-state index in [4.69, 9.17) is 0 Å². The number of hydrogen-bond acceptors (Lipinski definition) is 0. The first kappa shape index (κ1) is 13.7. The van der Waals surface area contributed by atoms with E-state index in [1.807, 2.05) is 6.92 Å². The zero-order valence-corrected chi connectivity index (χ0v) is 13.3. The first-order valence-corrected chi connectivity index (χ1v) is 7.81. The molecule has 1 heteroatoms. The molecule has 1 heterocycles. The Bertz CT molecular complexity index is 1070. The van der Waals surface area contributed by atoms with Crippen molar-refractivity contribution in [3.8, 4) is 17.5 Å². The van der Waals surface area contributed by atoms with Crippen molar-refractivity contribution in [2.75, 3.05) is 0 Å². The summed E-state index contributed by atoms with van der Waals surface area (Å²) in [6.07, 6.45) is 0. The van der Waals surface area contributed by atoms with Gasteiger partial charge in [-0.3, -0.25) is 0 Å². The summed E-state index contributed by atoms with van der Waals surface area (Å²) in [5.74, 6) is 6.16. The molecule has 0 N–H and O–H groups in total. The molecule has 3 aromatic carbocycles. The van der Waals surface area contributed by atoms with Crippen LogP contribution in [0.2, 0.25) is 0 Å². The molecule has 1 aromatic heterocycles. The van der Waals surface area contributed by atoms with Crippen molar-refractivity contribution < 1.29 is 0 Å². The van der Waals surface area contributed by atoms with Gasteiger partial charge in [0.15, 0.2) is 0 Å². The van der Waals surface area contributed by atoms with Crippen LogP contribution in [-0.4, -0.2) is 4.57 Å². The molecule has 0 unspecified atom stereocenters. The molecule has 23 heavy (non-hydrogen) atoms. The van der Waals surface area contributed by atoms with Crippen molar-refractivity contribution in [1.82, 2.24) is 4.57 Å². The minimum absolute atomic E-state index is 1.05. The Morgan fingerprint density at radius 3 is 2.22 bits per heavy atom. The topological polar surface area (TPSA) is 4.93 Å². The zero-order valence-electron chi connectivity index (χ0n) is 13.3. The van der Waals surface area contributed by atoms with Crippen LogP contribution in [0.25, 0.3) is 27.5 Å². The van der Waals surface area contributed by atoms with Crippen LogP contribution >= 0.6 is 0 Å². The third-order valence-corrected chi connectivity index (χ3v) is 4.21. The first-order valence-electron chi connectivity index (χ1n) is 7.81. The Hall–Kier alpha value is -2.98.